The van der Waals surface area contributed by atoms with Crippen LogP contribution < -0.4 is 0 Å². The lowest BCUT2D eigenvalue weighted by molar-refractivity contribution is 1.11. The Labute approximate surface area is 75.4 Å². The Bertz CT molecular complexity index is 225. The summed E-state index contributed by atoms with van der Waals surface area (Å²) in [7, 11) is 0. The smallest absolute Gasteiger partial charge is 0.0517 e. The second kappa shape index (κ2) is 3.94. The predicted octanol–water partition coefficient (Wildman–Crippen LogP) is 2.88. The molecule has 0 radical (unpaired) electrons. The molecule has 0 fully saturated rings. The molecule has 1 aromatic heterocycles. The van der Waals surface area contributed by atoms with Gasteiger partial charge in [-0.05, 0) is 41.9 Å². The molecule has 0 unspecified atom stereocenters. The van der Waals surface area contributed by atoms with E-state index < -0.39 is 0 Å². The van der Waals surface area contributed by atoms with Crippen LogP contribution in [0.1, 0.15) is 11.4 Å². The van der Waals surface area contributed by atoms with Crippen molar-refractivity contribution >= 4 is 28.3 Å². The first-order chi connectivity index (χ1) is 4.20. The summed E-state index contributed by atoms with van der Waals surface area (Å²) in [5, 5.41) is 0. The highest BCUT2D eigenvalue weighted by Crippen LogP contribution is 2.12. The van der Waals surface area contributed by atoms with Gasteiger partial charge in [0.2, 0.25) is 0 Å². The lowest BCUT2D eigenvalue weighted by atomic mass is 10.3. The fourth-order valence-electron chi connectivity index (χ4n) is 0.670. The van der Waals surface area contributed by atoms with Crippen molar-refractivity contribution in [2.24, 2.45) is 0 Å². The number of rotatable bonds is 0. The van der Waals surface area contributed by atoms with Gasteiger partial charge in [0.15, 0.2) is 0 Å². The molecule has 0 atom stereocenters. The molecule has 1 rings (SSSR count). The fraction of sp³-hybridized carbons (Fsp3) is 0.286. The first-order valence-corrected chi connectivity index (χ1v) is 3.59. The Morgan fingerprint density at radius 2 is 1.90 bits per heavy atom. The Kier molecular flexibility index (Phi) is 3.91. The molecule has 1 nitrogen and oxygen atoms in total. The van der Waals surface area contributed by atoms with Crippen LogP contribution >= 0.6 is 28.3 Å². The minimum Gasteiger partial charge on any atom is -0.257 e. The van der Waals surface area contributed by atoms with Gasteiger partial charge in [0, 0.05) is 10.2 Å². The molecule has 1 aromatic rings. The lowest BCUT2D eigenvalue weighted by Gasteiger charge is -1.95. The maximum absolute atomic E-state index is 4.23. The molecule has 3 heteroatoms. The van der Waals surface area contributed by atoms with Crippen LogP contribution in [0.2, 0.25) is 0 Å². The van der Waals surface area contributed by atoms with Gasteiger partial charge in [-0.1, -0.05) is 0 Å². The molecule has 0 N–H and O–H groups in total. The molecule has 1 heterocycles. The minimum atomic E-state index is 0. The van der Waals surface area contributed by atoms with Crippen molar-refractivity contribution in [2.45, 2.75) is 13.8 Å². The van der Waals surface area contributed by atoms with E-state index in [1.54, 1.807) is 0 Å². The SMILES string of the molecule is Cc1ccc(Br)c(C)n1.Cl. The van der Waals surface area contributed by atoms with E-state index in [2.05, 4.69) is 20.9 Å². The van der Waals surface area contributed by atoms with E-state index in [0.717, 1.165) is 15.9 Å². The number of hydrogen-bond donors (Lipinski definition) is 0. The number of nitrogens with zero attached hydrogens (tertiary/aromatic N) is 1. The Morgan fingerprint density at radius 1 is 1.30 bits per heavy atom. The Balaban J connectivity index is 0.000000810. The maximum Gasteiger partial charge on any atom is 0.0517 e. The van der Waals surface area contributed by atoms with E-state index >= 15 is 0 Å². The second-order valence-electron chi connectivity index (χ2n) is 2.02. The van der Waals surface area contributed by atoms with Crippen molar-refractivity contribution in [3.05, 3.63) is 28.0 Å². The number of aromatic nitrogens is 1. The number of pyridine rings is 1. The first-order valence-electron chi connectivity index (χ1n) is 2.80. The molecular formula is C7H9BrClN. The minimum absolute atomic E-state index is 0. The first kappa shape index (κ1) is 9.92. The summed E-state index contributed by atoms with van der Waals surface area (Å²) in [4.78, 5) is 4.23. The van der Waals surface area contributed by atoms with Gasteiger partial charge in [-0.15, -0.1) is 12.4 Å². The zero-order valence-corrected chi connectivity index (χ0v) is 8.29. The number of hydrogen-bond acceptors (Lipinski definition) is 1. The summed E-state index contributed by atoms with van der Waals surface area (Å²) in [5.74, 6) is 0. The molecule has 0 aliphatic carbocycles. The van der Waals surface area contributed by atoms with Crippen LogP contribution in [0.15, 0.2) is 16.6 Å². The Morgan fingerprint density at radius 3 is 2.30 bits per heavy atom. The Hall–Kier alpha value is -0.0800. The molecule has 10 heavy (non-hydrogen) atoms. The molecule has 56 valence electrons. The van der Waals surface area contributed by atoms with Crippen molar-refractivity contribution in [3.63, 3.8) is 0 Å². The molecule has 0 spiro atoms. The quantitative estimate of drug-likeness (QED) is 0.658. The van der Waals surface area contributed by atoms with E-state index in [0.29, 0.717) is 0 Å². The maximum atomic E-state index is 4.23. The van der Waals surface area contributed by atoms with Crippen molar-refractivity contribution in [1.82, 2.24) is 4.98 Å². The van der Waals surface area contributed by atoms with E-state index in [1.165, 1.54) is 0 Å². The summed E-state index contributed by atoms with van der Waals surface area (Å²) in [6.45, 7) is 3.97. The van der Waals surface area contributed by atoms with Crippen LogP contribution in [-0.4, -0.2) is 4.98 Å². The average Bonchev–Trinajstić information content (AvgIpc) is 1.80. The molecule has 0 aromatic carbocycles. The average molecular weight is 223 g/mol. The van der Waals surface area contributed by atoms with Gasteiger partial charge >= 0.3 is 0 Å². The molecule has 0 saturated carbocycles. The van der Waals surface area contributed by atoms with E-state index in [-0.39, 0.29) is 12.4 Å². The van der Waals surface area contributed by atoms with Gasteiger partial charge in [-0.2, -0.15) is 0 Å². The van der Waals surface area contributed by atoms with E-state index in [9.17, 15) is 0 Å². The van der Waals surface area contributed by atoms with Gasteiger partial charge < -0.3 is 0 Å². The highest BCUT2D eigenvalue weighted by Gasteiger charge is 1.92. The molecule has 0 saturated heterocycles. The summed E-state index contributed by atoms with van der Waals surface area (Å²) in [6.07, 6.45) is 0. The number of halogens is 2. The van der Waals surface area contributed by atoms with Crippen molar-refractivity contribution in [2.75, 3.05) is 0 Å². The van der Waals surface area contributed by atoms with Crippen LogP contribution in [0.3, 0.4) is 0 Å². The fourth-order valence-corrected chi connectivity index (χ4v) is 0.890. The van der Waals surface area contributed by atoms with Crippen LogP contribution in [-0.2, 0) is 0 Å². The van der Waals surface area contributed by atoms with Gasteiger partial charge in [-0.3, -0.25) is 4.98 Å². The molecule has 0 bridgehead atoms. The highest BCUT2D eigenvalue weighted by molar-refractivity contribution is 9.10. The highest BCUT2D eigenvalue weighted by atomic mass is 79.9. The summed E-state index contributed by atoms with van der Waals surface area (Å²) in [5.41, 5.74) is 2.12. The standard InChI is InChI=1S/C7H8BrN.ClH/c1-5-3-4-7(8)6(2)9-5;/h3-4H,1-2H3;1H. The monoisotopic (exact) mass is 221 g/mol. The third-order valence-corrected chi connectivity index (χ3v) is 2.00. The van der Waals surface area contributed by atoms with Gasteiger partial charge in [-0.25, -0.2) is 0 Å². The zero-order chi connectivity index (χ0) is 6.85. The number of aryl methyl sites for hydroxylation is 2. The summed E-state index contributed by atoms with van der Waals surface area (Å²) < 4.78 is 1.08. The summed E-state index contributed by atoms with van der Waals surface area (Å²) in [6, 6.07) is 3.99. The topological polar surface area (TPSA) is 12.9 Å². The van der Waals surface area contributed by atoms with Crippen molar-refractivity contribution in [3.8, 4) is 0 Å². The van der Waals surface area contributed by atoms with Crippen LogP contribution in [0, 0.1) is 13.8 Å². The largest absolute Gasteiger partial charge is 0.257 e. The van der Waals surface area contributed by atoms with E-state index in [4.69, 9.17) is 0 Å². The second-order valence-corrected chi connectivity index (χ2v) is 2.87. The molecule has 0 aliphatic rings. The third kappa shape index (κ3) is 2.27. The van der Waals surface area contributed by atoms with Crippen molar-refractivity contribution < 1.29 is 0 Å². The van der Waals surface area contributed by atoms with Crippen molar-refractivity contribution in [1.29, 1.82) is 0 Å². The van der Waals surface area contributed by atoms with E-state index in [1.807, 2.05) is 26.0 Å². The third-order valence-electron chi connectivity index (χ3n) is 1.16. The summed E-state index contributed by atoms with van der Waals surface area (Å²) >= 11 is 3.37. The normalized spacial score (nSPS) is 8.70. The van der Waals surface area contributed by atoms with Gasteiger partial charge in [0.1, 0.15) is 0 Å². The molecule has 0 amide bonds. The zero-order valence-electron chi connectivity index (χ0n) is 5.89. The van der Waals surface area contributed by atoms with Crippen LogP contribution in [0.4, 0.5) is 0 Å². The van der Waals surface area contributed by atoms with Crippen LogP contribution in [0.5, 0.6) is 0 Å². The predicted molar refractivity (Wildman–Crippen MR) is 48.7 cm³/mol. The van der Waals surface area contributed by atoms with Crippen LogP contribution in [0.25, 0.3) is 0 Å². The lowest BCUT2D eigenvalue weighted by Crippen LogP contribution is -1.84. The molecular weight excluding hydrogens is 213 g/mol. The van der Waals surface area contributed by atoms with Gasteiger partial charge in [0.05, 0.1) is 5.69 Å². The molecule has 0 aliphatic heterocycles. The van der Waals surface area contributed by atoms with Gasteiger partial charge in [0.25, 0.3) is 0 Å².